The Morgan fingerprint density at radius 1 is 1.82 bits per heavy atom. The molecule has 0 atom stereocenters. The number of hydrogen-bond acceptors (Lipinski definition) is 3. The highest BCUT2D eigenvalue weighted by atomic mass is 16.5. The third-order valence-corrected chi connectivity index (χ3v) is 1.48. The highest BCUT2D eigenvalue weighted by molar-refractivity contribution is 5.71. The number of hydrogen-bond donors (Lipinski definition) is 0. The summed E-state index contributed by atoms with van der Waals surface area (Å²) in [6.07, 6.45) is 1.94. The molecule has 0 unspecified atom stereocenters. The molecule has 0 aliphatic rings. The fourth-order valence-electron chi connectivity index (χ4n) is 0.795. The summed E-state index contributed by atoms with van der Waals surface area (Å²) >= 11 is 0. The van der Waals surface area contributed by atoms with Crippen LogP contribution in [0.2, 0.25) is 0 Å². The van der Waals surface area contributed by atoms with Gasteiger partial charge in [-0.3, -0.25) is 9.48 Å². The van der Waals surface area contributed by atoms with E-state index < -0.39 is 0 Å². The van der Waals surface area contributed by atoms with Gasteiger partial charge in [0.15, 0.2) is 0 Å². The number of aryl methyl sites for hydroxylation is 1. The third kappa shape index (κ3) is 1.80. The largest absolute Gasteiger partial charge is 0.469 e. The second-order valence-electron chi connectivity index (χ2n) is 2.20. The lowest BCUT2D eigenvalue weighted by Crippen LogP contribution is -2.08. The van der Waals surface area contributed by atoms with Gasteiger partial charge in [-0.1, -0.05) is 0 Å². The summed E-state index contributed by atoms with van der Waals surface area (Å²) in [6.45, 7) is 0. The van der Waals surface area contributed by atoms with Crippen molar-refractivity contribution in [1.82, 2.24) is 9.78 Å². The van der Waals surface area contributed by atoms with Crippen LogP contribution in [-0.4, -0.2) is 22.9 Å². The molecule has 11 heavy (non-hydrogen) atoms. The number of esters is 1. The predicted octanol–water partition coefficient (Wildman–Crippen LogP) is 0.136. The summed E-state index contributed by atoms with van der Waals surface area (Å²) in [7, 11) is 3.16. The zero-order valence-corrected chi connectivity index (χ0v) is 6.57. The van der Waals surface area contributed by atoms with Gasteiger partial charge in [0, 0.05) is 18.9 Å². The molecule has 0 radical (unpaired) electrons. The first-order valence-corrected chi connectivity index (χ1v) is 3.27. The normalized spacial score (nSPS) is 9.64. The van der Waals surface area contributed by atoms with E-state index in [9.17, 15) is 4.79 Å². The first kappa shape index (κ1) is 7.78. The first-order chi connectivity index (χ1) is 5.24. The number of methoxy groups -OCH3 is 1. The zero-order chi connectivity index (χ0) is 8.27. The van der Waals surface area contributed by atoms with Crippen molar-refractivity contribution in [2.24, 2.45) is 7.05 Å². The van der Waals surface area contributed by atoms with Crippen molar-refractivity contribution in [2.45, 2.75) is 6.42 Å². The monoisotopic (exact) mass is 154 g/mol. The SMILES string of the molecule is COC(=O)Cc1ccnn1C. The Morgan fingerprint density at radius 2 is 2.55 bits per heavy atom. The average molecular weight is 154 g/mol. The first-order valence-electron chi connectivity index (χ1n) is 3.27. The Balaban J connectivity index is 2.64. The standard InChI is InChI=1S/C7H10N2O2/c1-9-6(3-4-8-9)5-7(10)11-2/h3-4H,5H2,1-2H3. The fourth-order valence-corrected chi connectivity index (χ4v) is 0.795. The van der Waals surface area contributed by atoms with Crippen LogP contribution in [0.4, 0.5) is 0 Å². The van der Waals surface area contributed by atoms with Gasteiger partial charge in [-0.2, -0.15) is 5.10 Å². The molecule has 1 rings (SSSR count). The van der Waals surface area contributed by atoms with Gasteiger partial charge in [0.25, 0.3) is 0 Å². The van der Waals surface area contributed by atoms with Crippen molar-refractivity contribution >= 4 is 5.97 Å². The molecule has 1 heterocycles. The Morgan fingerprint density at radius 3 is 3.00 bits per heavy atom. The summed E-state index contributed by atoms with van der Waals surface area (Å²) in [4.78, 5) is 10.8. The Kier molecular flexibility index (Phi) is 2.25. The molecular weight excluding hydrogens is 144 g/mol. The molecule has 0 saturated heterocycles. The third-order valence-electron chi connectivity index (χ3n) is 1.48. The predicted molar refractivity (Wildman–Crippen MR) is 38.9 cm³/mol. The second kappa shape index (κ2) is 3.18. The Labute approximate surface area is 64.8 Å². The molecule has 60 valence electrons. The fraction of sp³-hybridized carbons (Fsp3) is 0.429. The maximum atomic E-state index is 10.8. The smallest absolute Gasteiger partial charge is 0.311 e. The van der Waals surface area contributed by atoms with Crippen molar-refractivity contribution in [3.63, 3.8) is 0 Å². The van der Waals surface area contributed by atoms with Gasteiger partial charge in [0.2, 0.25) is 0 Å². The van der Waals surface area contributed by atoms with Gasteiger partial charge in [-0.25, -0.2) is 0 Å². The van der Waals surface area contributed by atoms with Crippen molar-refractivity contribution in [3.05, 3.63) is 18.0 Å². The van der Waals surface area contributed by atoms with Crippen molar-refractivity contribution < 1.29 is 9.53 Å². The van der Waals surface area contributed by atoms with Crippen molar-refractivity contribution in [1.29, 1.82) is 0 Å². The van der Waals surface area contributed by atoms with E-state index >= 15 is 0 Å². The minimum Gasteiger partial charge on any atom is -0.469 e. The number of aromatic nitrogens is 2. The van der Waals surface area contributed by atoms with Crippen LogP contribution in [0, 0.1) is 0 Å². The maximum absolute atomic E-state index is 10.8. The van der Waals surface area contributed by atoms with Crippen molar-refractivity contribution in [3.8, 4) is 0 Å². The van der Waals surface area contributed by atoms with E-state index in [0.717, 1.165) is 5.69 Å². The molecule has 0 aromatic carbocycles. The number of carbonyl (C=O) groups is 1. The van der Waals surface area contributed by atoms with Crippen LogP contribution in [0.25, 0.3) is 0 Å². The van der Waals surface area contributed by atoms with Gasteiger partial charge >= 0.3 is 5.97 Å². The quantitative estimate of drug-likeness (QED) is 0.569. The van der Waals surface area contributed by atoms with E-state index in [2.05, 4.69) is 9.84 Å². The average Bonchev–Trinajstić information content (AvgIpc) is 2.37. The molecule has 0 aliphatic heterocycles. The molecule has 0 N–H and O–H groups in total. The number of ether oxygens (including phenoxy) is 1. The van der Waals surface area contributed by atoms with E-state index in [1.165, 1.54) is 7.11 Å². The van der Waals surface area contributed by atoms with Gasteiger partial charge in [-0.15, -0.1) is 0 Å². The molecule has 4 heteroatoms. The highest BCUT2D eigenvalue weighted by Gasteiger charge is 2.04. The van der Waals surface area contributed by atoms with Gasteiger partial charge in [0.1, 0.15) is 0 Å². The summed E-state index contributed by atoms with van der Waals surface area (Å²) in [5.74, 6) is -0.242. The van der Waals surface area contributed by atoms with E-state index in [4.69, 9.17) is 0 Å². The number of nitrogens with zero attached hydrogens (tertiary/aromatic N) is 2. The zero-order valence-electron chi connectivity index (χ0n) is 6.57. The number of rotatable bonds is 2. The van der Waals surface area contributed by atoms with E-state index in [0.29, 0.717) is 0 Å². The molecule has 0 amide bonds. The molecule has 0 fully saturated rings. The topological polar surface area (TPSA) is 44.1 Å². The number of carbonyl (C=O) groups excluding carboxylic acids is 1. The van der Waals surface area contributed by atoms with E-state index in [1.807, 2.05) is 0 Å². The van der Waals surface area contributed by atoms with Gasteiger partial charge < -0.3 is 4.74 Å². The van der Waals surface area contributed by atoms with Crippen LogP contribution in [0.5, 0.6) is 0 Å². The van der Waals surface area contributed by atoms with Gasteiger partial charge in [-0.05, 0) is 6.07 Å². The molecule has 1 aromatic heterocycles. The summed E-state index contributed by atoms with van der Waals surface area (Å²) in [5, 5.41) is 3.91. The highest BCUT2D eigenvalue weighted by Crippen LogP contribution is 1.97. The maximum Gasteiger partial charge on any atom is 0.311 e. The molecule has 0 spiro atoms. The minimum atomic E-state index is -0.242. The minimum absolute atomic E-state index is 0.242. The van der Waals surface area contributed by atoms with E-state index in [1.54, 1.807) is 24.0 Å². The molecule has 0 saturated carbocycles. The van der Waals surface area contributed by atoms with E-state index in [-0.39, 0.29) is 12.4 Å². The molecular formula is C7H10N2O2. The van der Waals surface area contributed by atoms with Crippen LogP contribution in [0.3, 0.4) is 0 Å². The lowest BCUT2D eigenvalue weighted by molar-refractivity contribution is -0.139. The second-order valence-corrected chi connectivity index (χ2v) is 2.20. The van der Waals surface area contributed by atoms with Crippen LogP contribution in [-0.2, 0) is 23.0 Å². The van der Waals surface area contributed by atoms with Crippen LogP contribution in [0.1, 0.15) is 5.69 Å². The lowest BCUT2D eigenvalue weighted by Gasteiger charge is -1.98. The van der Waals surface area contributed by atoms with Crippen LogP contribution < -0.4 is 0 Å². The summed E-state index contributed by atoms with van der Waals surface area (Å²) < 4.78 is 6.15. The Hall–Kier alpha value is -1.32. The van der Waals surface area contributed by atoms with Crippen LogP contribution >= 0.6 is 0 Å². The molecule has 0 aliphatic carbocycles. The van der Waals surface area contributed by atoms with Gasteiger partial charge in [0.05, 0.1) is 13.5 Å². The van der Waals surface area contributed by atoms with Crippen LogP contribution in [0.15, 0.2) is 12.3 Å². The lowest BCUT2D eigenvalue weighted by atomic mass is 10.3. The summed E-state index contributed by atoms with van der Waals surface area (Å²) in [5.41, 5.74) is 0.858. The molecule has 1 aromatic rings. The van der Waals surface area contributed by atoms with Crippen molar-refractivity contribution in [2.75, 3.05) is 7.11 Å². The molecule has 0 bridgehead atoms. The Bertz CT molecular complexity index is 255. The summed E-state index contributed by atoms with van der Waals surface area (Å²) in [6, 6.07) is 1.79. The molecule has 4 nitrogen and oxygen atoms in total.